The minimum Gasteiger partial charge on any atom is -0.377 e. The Morgan fingerprint density at radius 3 is 1.18 bits per heavy atom. The van der Waals surface area contributed by atoms with Crippen LogP contribution in [-0.2, 0) is 13.3 Å². The van der Waals surface area contributed by atoms with Crippen LogP contribution in [0.5, 0.6) is 0 Å². The van der Waals surface area contributed by atoms with Gasteiger partial charge in [0.05, 0.1) is 0 Å². The van der Waals surface area contributed by atoms with Crippen molar-refractivity contribution in [1.29, 1.82) is 0 Å². The third-order valence-corrected chi connectivity index (χ3v) is 10.2. The molecule has 34 heavy (non-hydrogen) atoms. The van der Waals surface area contributed by atoms with Gasteiger partial charge in [-0.1, -0.05) is 122 Å². The zero-order chi connectivity index (χ0) is 24.5. The van der Waals surface area contributed by atoms with Crippen molar-refractivity contribution in [3.8, 4) is 0 Å². The Hall–Kier alpha value is 0.347. The Balaban J connectivity index is 0. The van der Waals surface area contributed by atoms with E-state index in [2.05, 4.69) is 6.92 Å². The van der Waals surface area contributed by atoms with Crippen molar-refractivity contribution in [3.63, 3.8) is 0 Å². The van der Waals surface area contributed by atoms with E-state index in [4.69, 9.17) is 19.0 Å². The van der Waals surface area contributed by atoms with Crippen LogP contribution in [-0.4, -0.2) is 36.7 Å². The number of hydrogen-bond donors (Lipinski definition) is 1. The molecular formula is C28H62ClNO3Si. The Morgan fingerprint density at radius 2 is 0.853 bits per heavy atom. The molecule has 0 rings (SSSR count). The van der Waals surface area contributed by atoms with Gasteiger partial charge in [0, 0.05) is 27.4 Å². The van der Waals surface area contributed by atoms with Crippen LogP contribution in [0, 0.1) is 5.92 Å². The van der Waals surface area contributed by atoms with Gasteiger partial charge in [-0.2, -0.15) is 0 Å². The van der Waals surface area contributed by atoms with Gasteiger partial charge in [0.1, 0.15) is 0 Å². The highest BCUT2D eigenvalue weighted by Crippen LogP contribution is 2.22. The molecule has 0 spiro atoms. The second kappa shape index (κ2) is 27.9. The second-order valence-corrected chi connectivity index (χ2v) is 13.2. The van der Waals surface area contributed by atoms with Crippen molar-refractivity contribution < 1.29 is 13.3 Å². The molecule has 1 atom stereocenters. The number of halogens is 1. The highest BCUT2D eigenvalue weighted by atomic mass is 35.5. The monoisotopic (exact) mass is 523 g/mol. The topological polar surface area (TPSA) is 53.7 Å². The fourth-order valence-corrected chi connectivity index (χ4v) is 6.63. The Bertz CT molecular complexity index is 378. The zero-order valence-corrected chi connectivity index (χ0v) is 25.4. The average molecular weight is 524 g/mol. The molecule has 0 saturated carbocycles. The van der Waals surface area contributed by atoms with E-state index in [0.717, 1.165) is 25.4 Å². The van der Waals surface area contributed by atoms with Gasteiger partial charge in [-0.25, -0.2) is 0 Å². The van der Waals surface area contributed by atoms with E-state index in [1.807, 2.05) is 0 Å². The Morgan fingerprint density at radius 1 is 0.529 bits per heavy atom. The fourth-order valence-electron chi connectivity index (χ4n) is 4.88. The molecule has 0 aliphatic heterocycles. The molecule has 0 aliphatic carbocycles. The van der Waals surface area contributed by atoms with Crippen molar-refractivity contribution in [2.75, 3.05) is 27.9 Å². The first kappa shape index (κ1) is 36.5. The van der Waals surface area contributed by atoms with Crippen molar-refractivity contribution >= 4 is 21.2 Å². The molecule has 0 fully saturated rings. The summed E-state index contributed by atoms with van der Waals surface area (Å²) in [5, 5.41) is 0. The van der Waals surface area contributed by atoms with E-state index in [-0.39, 0.29) is 12.4 Å². The standard InChI is InChI=1S/C28H61NO3Si.ClH/c1-5-6-7-8-9-10-11-12-13-14-15-16-17-18-19-20-21-22-24-28(27-29)25-23-26-33(30-2,31-3)32-4;/h28H,5-27,29H2,1-4H3;1H. The highest BCUT2D eigenvalue weighted by Gasteiger charge is 2.36. The maximum Gasteiger partial charge on any atom is 0.500 e. The highest BCUT2D eigenvalue weighted by molar-refractivity contribution is 6.60. The predicted octanol–water partition coefficient (Wildman–Crippen LogP) is 9.07. The van der Waals surface area contributed by atoms with Crippen molar-refractivity contribution in [2.24, 2.45) is 11.7 Å². The normalized spacial score (nSPS) is 12.6. The van der Waals surface area contributed by atoms with E-state index in [9.17, 15) is 0 Å². The molecule has 0 aromatic rings. The molecular weight excluding hydrogens is 462 g/mol. The second-order valence-electron chi connectivity index (χ2n) is 10.1. The van der Waals surface area contributed by atoms with Crippen LogP contribution in [0.4, 0.5) is 0 Å². The summed E-state index contributed by atoms with van der Waals surface area (Å²) in [4.78, 5) is 0. The van der Waals surface area contributed by atoms with Gasteiger partial charge in [-0.15, -0.1) is 12.4 Å². The van der Waals surface area contributed by atoms with Gasteiger partial charge in [0.15, 0.2) is 0 Å². The van der Waals surface area contributed by atoms with Gasteiger partial charge in [0.25, 0.3) is 0 Å². The molecule has 1 unspecified atom stereocenters. The third-order valence-electron chi connectivity index (χ3n) is 7.33. The minimum atomic E-state index is -2.42. The predicted molar refractivity (Wildman–Crippen MR) is 154 cm³/mol. The third kappa shape index (κ3) is 21.6. The van der Waals surface area contributed by atoms with Crippen LogP contribution in [0.1, 0.15) is 142 Å². The number of hydrogen-bond acceptors (Lipinski definition) is 4. The van der Waals surface area contributed by atoms with E-state index in [1.54, 1.807) is 21.3 Å². The molecule has 0 radical (unpaired) electrons. The molecule has 2 N–H and O–H groups in total. The van der Waals surface area contributed by atoms with Gasteiger partial charge in [0.2, 0.25) is 0 Å². The van der Waals surface area contributed by atoms with Crippen molar-refractivity contribution in [3.05, 3.63) is 0 Å². The van der Waals surface area contributed by atoms with E-state index >= 15 is 0 Å². The van der Waals surface area contributed by atoms with Crippen molar-refractivity contribution in [1.82, 2.24) is 0 Å². The number of nitrogens with two attached hydrogens (primary N) is 1. The lowest BCUT2D eigenvalue weighted by atomic mass is 9.96. The molecule has 0 aromatic carbocycles. The van der Waals surface area contributed by atoms with E-state index in [0.29, 0.717) is 5.92 Å². The first-order valence-corrected chi connectivity index (χ1v) is 16.5. The van der Waals surface area contributed by atoms with Crippen LogP contribution in [0.25, 0.3) is 0 Å². The summed E-state index contributed by atoms with van der Waals surface area (Å²) in [5.74, 6) is 0.628. The lowest BCUT2D eigenvalue weighted by Gasteiger charge is -2.25. The molecule has 0 heterocycles. The summed E-state index contributed by atoms with van der Waals surface area (Å²) in [6, 6.07) is 0.881. The smallest absolute Gasteiger partial charge is 0.377 e. The molecule has 0 aliphatic rings. The van der Waals surface area contributed by atoms with Gasteiger partial charge in [-0.3, -0.25) is 0 Å². The maximum absolute atomic E-state index is 6.01. The van der Waals surface area contributed by atoms with Gasteiger partial charge in [-0.05, 0) is 31.7 Å². The van der Waals surface area contributed by atoms with Crippen LogP contribution in [0.3, 0.4) is 0 Å². The van der Waals surface area contributed by atoms with Gasteiger partial charge >= 0.3 is 8.80 Å². The lowest BCUT2D eigenvalue weighted by Crippen LogP contribution is -2.42. The summed E-state index contributed by atoms with van der Waals surface area (Å²) in [7, 11) is 2.66. The number of unbranched alkanes of at least 4 members (excludes halogenated alkanes) is 17. The summed E-state index contributed by atoms with van der Waals surface area (Å²) in [6.45, 7) is 3.09. The van der Waals surface area contributed by atoms with Crippen LogP contribution in [0.15, 0.2) is 0 Å². The Labute approximate surface area is 221 Å². The molecule has 4 nitrogen and oxygen atoms in total. The van der Waals surface area contributed by atoms with Gasteiger partial charge < -0.3 is 19.0 Å². The zero-order valence-electron chi connectivity index (χ0n) is 23.6. The molecule has 0 aromatic heterocycles. The van der Waals surface area contributed by atoms with Crippen LogP contribution in [0.2, 0.25) is 6.04 Å². The number of rotatable bonds is 27. The molecule has 208 valence electrons. The minimum absolute atomic E-state index is 0. The molecule has 0 bridgehead atoms. The van der Waals surface area contributed by atoms with Crippen molar-refractivity contribution in [2.45, 2.75) is 148 Å². The molecule has 6 heteroatoms. The van der Waals surface area contributed by atoms with Crippen LogP contribution >= 0.6 is 12.4 Å². The molecule has 0 saturated heterocycles. The summed E-state index contributed by atoms with van der Waals surface area (Å²) < 4.78 is 16.5. The summed E-state index contributed by atoms with van der Waals surface area (Å²) in [6.07, 6.45) is 29.2. The van der Waals surface area contributed by atoms with E-state index < -0.39 is 8.80 Å². The van der Waals surface area contributed by atoms with E-state index in [1.165, 1.54) is 122 Å². The SMILES string of the molecule is CCCCCCCCCCCCCCCCCCCCC(CN)CCC[Si](OC)(OC)OC.Cl. The summed E-state index contributed by atoms with van der Waals surface area (Å²) >= 11 is 0. The lowest BCUT2D eigenvalue weighted by molar-refractivity contribution is 0.122. The quantitative estimate of drug-likeness (QED) is 0.0861. The average Bonchev–Trinajstić information content (AvgIpc) is 2.85. The largest absolute Gasteiger partial charge is 0.500 e. The van der Waals surface area contributed by atoms with Crippen LogP contribution < -0.4 is 5.73 Å². The maximum atomic E-state index is 6.01. The Kier molecular flexibility index (Phi) is 30.0. The summed E-state index contributed by atoms with van der Waals surface area (Å²) in [5.41, 5.74) is 6.01. The first-order valence-electron chi connectivity index (χ1n) is 14.5. The first-order chi connectivity index (χ1) is 16.2. The molecule has 0 amide bonds. The fraction of sp³-hybridized carbons (Fsp3) is 1.00.